The largest absolute Gasteiger partial charge is 0.398 e. The van der Waals surface area contributed by atoms with Crippen molar-refractivity contribution in [2.24, 2.45) is 0 Å². The third kappa shape index (κ3) is 1.65. The predicted molar refractivity (Wildman–Crippen MR) is 59.9 cm³/mol. The summed E-state index contributed by atoms with van der Waals surface area (Å²) in [5, 5.41) is 13.4. The summed E-state index contributed by atoms with van der Waals surface area (Å²) >= 11 is 3.35. The van der Waals surface area contributed by atoms with Gasteiger partial charge in [-0.2, -0.15) is 0 Å². The van der Waals surface area contributed by atoms with Crippen LogP contribution in [0.1, 0.15) is 12.0 Å². The van der Waals surface area contributed by atoms with Gasteiger partial charge in [0.2, 0.25) is 0 Å². The normalized spacial score (nSPS) is 26.7. The molecule has 1 aliphatic rings. The lowest BCUT2D eigenvalue weighted by molar-refractivity contribution is 0.0595. The van der Waals surface area contributed by atoms with Crippen LogP contribution in [0.2, 0.25) is 0 Å². The molecule has 1 saturated heterocycles. The van der Waals surface area contributed by atoms with Crippen molar-refractivity contribution in [2.45, 2.75) is 12.0 Å². The van der Waals surface area contributed by atoms with Gasteiger partial charge in [0.05, 0.1) is 0 Å². The standard InChI is InChI=1S/C10H13BrN2O/c11-7-1-2-8(9(12)5-7)10(14)3-4-13-6-10/h1-2,5,13-14H,3-4,6,12H2. The molecule has 4 heteroatoms. The Bertz CT molecular complexity index is 348. The van der Waals surface area contributed by atoms with Crippen LogP contribution < -0.4 is 11.1 Å². The van der Waals surface area contributed by atoms with Gasteiger partial charge in [-0.15, -0.1) is 0 Å². The molecule has 0 amide bonds. The first kappa shape index (κ1) is 9.96. The molecule has 0 saturated carbocycles. The van der Waals surface area contributed by atoms with Crippen molar-refractivity contribution in [1.29, 1.82) is 0 Å². The summed E-state index contributed by atoms with van der Waals surface area (Å²) in [7, 11) is 0. The fourth-order valence-corrected chi connectivity index (χ4v) is 2.24. The number of rotatable bonds is 1. The van der Waals surface area contributed by atoms with Crippen LogP contribution >= 0.6 is 15.9 Å². The van der Waals surface area contributed by atoms with E-state index in [-0.39, 0.29) is 0 Å². The first-order chi connectivity index (χ1) is 6.62. The minimum atomic E-state index is -0.787. The molecule has 2 rings (SSSR count). The number of aliphatic hydroxyl groups is 1. The van der Waals surface area contributed by atoms with Crippen molar-refractivity contribution in [1.82, 2.24) is 5.32 Å². The minimum Gasteiger partial charge on any atom is -0.398 e. The zero-order chi connectivity index (χ0) is 10.2. The van der Waals surface area contributed by atoms with Gasteiger partial charge in [-0.05, 0) is 25.1 Å². The Morgan fingerprint density at radius 3 is 2.86 bits per heavy atom. The molecule has 1 heterocycles. The molecule has 1 unspecified atom stereocenters. The molecule has 1 aromatic carbocycles. The third-order valence-corrected chi connectivity index (χ3v) is 3.14. The maximum atomic E-state index is 10.3. The number of anilines is 1. The molecule has 76 valence electrons. The van der Waals surface area contributed by atoms with Crippen molar-refractivity contribution in [3.8, 4) is 0 Å². The molecule has 1 fully saturated rings. The summed E-state index contributed by atoms with van der Waals surface area (Å²) in [4.78, 5) is 0. The average molecular weight is 257 g/mol. The molecule has 0 radical (unpaired) electrons. The highest BCUT2D eigenvalue weighted by Gasteiger charge is 2.34. The monoisotopic (exact) mass is 256 g/mol. The van der Waals surface area contributed by atoms with Gasteiger partial charge in [0, 0.05) is 22.3 Å². The van der Waals surface area contributed by atoms with E-state index in [2.05, 4.69) is 21.2 Å². The zero-order valence-corrected chi connectivity index (χ0v) is 9.34. The van der Waals surface area contributed by atoms with Crippen molar-refractivity contribution in [2.75, 3.05) is 18.8 Å². The summed E-state index contributed by atoms with van der Waals surface area (Å²) in [6, 6.07) is 5.61. The smallest absolute Gasteiger partial charge is 0.105 e. The molecule has 1 atom stereocenters. The number of nitrogens with one attached hydrogen (secondary N) is 1. The van der Waals surface area contributed by atoms with Gasteiger partial charge in [0.15, 0.2) is 0 Å². The van der Waals surface area contributed by atoms with Crippen LogP contribution in [-0.2, 0) is 5.60 Å². The SMILES string of the molecule is Nc1cc(Br)ccc1C1(O)CCNC1. The van der Waals surface area contributed by atoms with Crippen molar-refractivity contribution >= 4 is 21.6 Å². The van der Waals surface area contributed by atoms with Crippen LogP contribution in [0.15, 0.2) is 22.7 Å². The third-order valence-electron chi connectivity index (χ3n) is 2.65. The van der Waals surface area contributed by atoms with Crippen LogP contribution in [0.5, 0.6) is 0 Å². The van der Waals surface area contributed by atoms with E-state index in [1.165, 1.54) is 0 Å². The van der Waals surface area contributed by atoms with E-state index in [0.29, 0.717) is 12.2 Å². The van der Waals surface area contributed by atoms with E-state index in [1.54, 1.807) is 0 Å². The fourth-order valence-electron chi connectivity index (χ4n) is 1.87. The maximum Gasteiger partial charge on any atom is 0.105 e. The molecule has 3 nitrogen and oxygen atoms in total. The Kier molecular flexibility index (Phi) is 2.51. The molecular weight excluding hydrogens is 244 g/mol. The quantitative estimate of drug-likeness (QED) is 0.663. The summed E-state index contributed by atoms with van der Waals surface area (Å²) in [5.41, 5.74) is 6.55. The highest BCUT2D eigenvalue weighted by Crippen LogP contribution is 2.33. The number of benzene rings is 1. The number of hydrogen-bond donors (Lipinski definition) is 3. The van der Waals surface area contributed by atoms with Crippen LogP contribution in [0, 0.1) is 0 Å². The second kappa shape index (κ2) is 3.53. The van der Waals surface area contributed by atoms with Gasteiger partial charge in [-0.1, -0.05) is 22.0 Å². The highest BCUT2D eigenvalue weighted by atomic mass is 79.9. The molecule has 14 heavy (non-hydrogen) atoms. The van der Waals surface area contributed by atoms with Crippen LogP contribution in [0.25, 0.3) is 0 Å². The molecule has 0 aromatic heterocycles. The molecule has 0 spiro atoms. The Balaban J connectivity index is 2.40. The number of halogens is 1. The molecule has 4 N–H and O–H groups in total. The molecular formula is C10H13BrN2O. The summed E-state index contributed by atoms with van der Waals surface area (Å²) in [6.07, 6.45) is 0.721. The van der Waals surface area contributed by atoms with E-state index >= 15 is 0 Å². The topological polar surface area (TPSA) is 58.3 Å². The maximum absolute atomic E-state index is 10.3. The van der Waals surface area contributed by atoms with Crippen molar-refractivity contribution in [3.05, 3.63) is 28.2 Å². The van der Waals surface area contributed by atoms with Crippen molar-refractivity contribution < 1.29 is 5.11 Å². The van der Waals surface area contributed by atoms with Gasteiger partial charge in [-0.3, -0.25) is 0 Å². The number of nitrogens with two attached hydrogens (primary N) is 1. The first-order valence-electron chi connectivity index (χ1n) is 4.60. The summed E-state index contributed by atoms with van der Waals surface area (Å²) in [5.74, 6) is 0. The van der Waals surface area contributed by atoms with E-state index in [0.717, 1.165) is 23.0 Å². The van der Waals surface area contributed by atoms with E-state index < -0.39 is 5.60 Å². The lowest BCUT2D eigenvalue weighted by Crippen LogP contribution is -2.29. The van der Waals surface area contributed by atoms with Crippen molar-refractivity contribution in [3.63, 3.8) is 0 Å². The number of β-amino-alcohol motifs (C(OH)–C–C–N with tert-alkyl or cyclic N) is 1. The molecule has 0 aliphatic carbocycles. The fraction of sp³-hybridized carbons (Fsp3) is 0.400. The first-order valence-corrected chi connectivity index (χ1v) is 5.40. The van der Waals surface area contributed by atoms with E-state index in [9.17, 15) is 5.11 Å². The second-order valence-corrected chi connectivity index (χ2v) is 4.61. The number of hydrogen-bond acceptors (Lipinski definition) is 3. The van der Waals surface area contributed by atoms with Crippen LogP contribution in [0.4, 0.5) is 5.69 Å². The summed E-state index contributed by atoms with van der Waals surface area (Å²) < 4.78 is 0.938. The second-order valence-electron chi connectivity index (χ2n) is 3.69. The Hall–Kier alpha value is -0.580. The van der Waals surface area contributed by atoms with Gasteiger partial charge in [0.25, 0.3) is 0 Å². The predicted octanol–water partition coefficient (Wildman–Crippen LogP) is 1.21. The van der Waals surface area contributed by atoms with Crippen LogP contribution in [0.3, 0.4) is 0 Å². The van der Waals surface area contributed by atoms with Gasteiger partial charge in [0.1, 0.15) is 5.60 Å². The van der Waals surface area contributed by atoms with E-state index in [1.807, 2.05) is 18.2 Å². The molecule has 1 aliphatic heterocycles. The average Bonchev–Trinajstić information content (AvgIpc) is 2.52. The zero-order valence-electron chi connectivity index (χ0n) is 7.76. The van der Waals surface area contributed by atoms with Gasteiger partial charge >= 0.3 is 0 Å². The van der Waals surface area contributed by atoms with Crippen LogP contribution in [-0.4, -0.2) is 18.2 Å². The highest BCUT2D eigenvalue weighted by molar-refractivity contribution is 9.10. The summed E-state index contributed by atoms with van der Waals surface area (Å²) in [6.45, 7) is 1.42. The Labute approximate surface area is 91.4 Å². The molecule has 0 bridgehead atoms. The number of nitrogen functional groups attached to an aromatic ring is 1. The van der Waals surface area contributed by atoms with E-state index in [4.69, 9.17) is 5.73 Å². The lowest BCUT2D eigenvalue weighted by Gasteiger charge is -2.23. The van der Waals surface area contributed by atoms with Gasteiger partial charge < -0.3 is 16.2 Å². The lowest BCUT2D eigenvalue weighted by atomic mass is 9.92. The van der Waals surface area contributed by atoms with Gasteiger partial charge in [-0.25, -0.2) is 0 Å². The minimum absolute atomic E-state index is 0.582. The molecule has 1 aromatic rings. The Morgan fingerprint density at radius 1 is 1.50 bits per heavy atom. The Morgan fingerprint density at radius 2 is 2.29 bits per heavy atom.